The second-order valence-corrected chi connectivity index (χ2v) is 6.17. The summed E-state index contributed by atoms with van der Waals surface area (Å²) in [6.45, 7) is -1.23. The largest absolute Gasteiger partial charge is 0.477 e. The molecule has 0 saturated carbocycles. The van der Waals surface area contributed by atoms with E-state index in [0.717, 1.165) is 24.6 Å². The second-order valence-electron chi connectivity index (χ2n) is 6.17. The molecule has 1 saturated heterocycles. The number of carbonyl (C=O) groups excluding carboxylic acids is 1. The van der Waals surface area contributed by atoms with E-state index in [0.29, 0.717) is 12.1 Å². The van der Waals surface area contributed by atoms with Crippen LogP contribution in [0.3, 0.4) is 0 Å². The number of nitrogens with one attached hydrogen (secondary N) is 1. The Balaban J connectivity index is 0.000000232. The van der Waals surface area contributed by atoms with Gasteiger partial charge in [-0.2, -0.15) is 13.2 Å². The topological polar surface area (TPSA) is 97.8 Å². The van der Waals surface area contributed by atoms with Gasteiger partial charge in [-0.1, -0.05) is 6.07 Å². The standard InChI is InChI=1S/C12H14N2O4.C7H4F4O/c1-7-2-3-10(18-7)11(15)14-8-4-5-13-9(6-8)12(16)17;8-4-2-1-3-5(6(4)9)12-7(10)11/h4-7,10H,2-3H2,1H3,(H,16,17)(H,13,14,15);1-3,7H. The number of hydrogen-bond donors (Lipinski definition) is 2. The molecule has 1 fully saturated rings. The SMILES string of the molecule is CC1CCC(C(=O)Nc2ccnc(C(=O)O)c2)O1.Fc1cccc(OC(F)F)c1F. The fraction of sp³-hybridized carbons (Fsp3) is 0.316. The van der Waals surface area contributed by atoms with Gasteiger partial charge in [0.2, 0.25) is 5.82 Å². The summed E-state index contributed by atoms with van der Waals surface area (Å²) in [7, 11) is 0. The average Bonchev–Trinajstić information content (AvgIpc) is 3.12. The summed E-state index contributed by atoms with van der Waals surface area (Å²) in [5, 5.41) is 11.4. The lowest BCUT2D eigenvalue weighted by molar-refractivity contribution is -0.126. The molecule has 0 spiro atoms. The molecule has 1 aromatic carbocycles. The van der Waals surface area contributed by atoms with Gasteiger partial charge in [-0.15, -0.1) is 0 Å². The molecule has 0 aliphatic carbocycles. The molecule has 1 amide bonds. The number of benzene rings is 1. The zero-order valence-corrected chi connectivity index (χ0v) is 15.6. The third kappa shape index (κ3) is 6.69. The van der Waals surface area contributed by atoms with Gasteiger partial charge in [-0.25, -0.2) is 14.2 Å². The highest BCUT2D eigenvalue weighted by Crippen LogP contribution is 2.21. The molecule has 1 aliphatic rings. The summed E-state index contributed by atoms with van der Waals surface area (Å²) >= 11 is 0. The van der Waals surface area contributed by atoms with Gasteiger partial charge in [0.15, 0.2) is 11.6 Å². The number of amides is 1. The maximum Gasteiger partial charge on any atom is 0.387 e. The lowest BCUT2D eigenvalue weighted by atomic mass is 10.2. The van der Waals surface area contributed by atoms with Crippen molar-refractivity contribution in [1.82, 2.24) is 4.98 Å². The van der Waals surface area contributed by atoms with E-state index >= 15 is 0 Å². The maximum absolute atomic E-state index is 12.5. The van der Waals surface area contributed by atoms with E-state index < -0.39 is 36.1 Å². The van der Waals surface area contributed by atoms with Gasteiger partial charge >= 0.3 is 12.6 Å². The third-order valence-electron chi connectivity index (χ3n) is 3.90. The number of alkyl halides is 2. The number of hydrogen-bond acceptors (Lipinski definition) is 5. The van der Waals surface area contributed by atoms with Crippen LogP contribution in [0.25, 0.3) is 0 Å². The Kier molecular flexibility index (Phi) is 8.10. The van der Waals surface area contributed by atoms with E-state index in [1.807, 2.05) is 6.92 Å². The third-order valence-corrected chi connectivity index (χ3v) is 3.90. The number of carboxylic acids is 1. The van der Waals surface area contributed by atoms with E-state index in [9.17, 15) is 27.2 Å². The first-order valence-electron chi connectivity index (χ1n) is 8.72. The summed E-state index contributed by atoms with van der Waals surface area (Å²) in [5.41, 5.74) is 0.309. The summed E-state index contributed by atoms with van der Waals surface area (Å²) in [4.78, 5) is 26.2. The highest BCUT2D eigenvalue weighted by molar-refractivity contribution is 5.95. The van der Waals surface area contributed by atoms with Crippen LogP contribution in [0.4, 0.5) is 23.2 Å². The number of pyridine rings is 1. The molecule has 2 unspecified atom stereocenters. The van der Waals surface area contributed by atoms with E-state index in [1.54, 1.807) is 6.07 Å². The van der Waals surface area contributed by atoms with Crippen LogP contribution in [-0.4, -0.2) is 40.8 Å². The predicted molar refractivity (Wildman–Crippen MR) is 96.4 cm³/mol. The van der Waals surface area contributed by atoms with Crippen LogP contribution in [0, 0.1) is 11.6 Å². The summed E-state index contributed by atoms with van der Waals surface area (Å²) in [6, 6.07) is 5.68. The van der Waals surface area contributed by atoms with E-state index in [4.69, 9.17) is 9.84 Å². The minimum Gasteiger partial charge on any atom is -0.477 e. The predicted octanol–water partition coefficient (Wildman–Crippen LogP) is 3.85. The molecular weight excluding hydrogens is 412 g/mol. The molecular formula is C19H18F4N2O5. The van der Waals surface area contributed by atoms with Crippen molar-refractivity contribution in [3.05, 3.63) is 53.9 Å². The number of rotatable bonds is 5. The fourth-order valence-corrected chi connectivity index (χ4v) is 2.51. The van der Waals surface area contributed by atoms with Gasteiger partial charge in [-0.05, 0) is 44.0 Å². The number of anilines is 1. The van der Waals surface area contributed by atoms with Gasteiger partial charge < -0.3 is 19.9 Å². The van der Waals surface area contributed by atoms with E-state index in [-0.39, 0.29) is 17.7 Å². The highest BCUT2D eigenvalue weighted by atomic mass is 19.3. The maximum atomic E-state index is 12.5. The first kappa shape index (κ1) is 23.1. The van der Waals surface area contributed by atoms with Crippen molar-refractivity contribution in [2.75, 3.05) is 5.32 Å². The second kappa shape index (κ2) is 10.5. The number of carboxylic acid groups (broad SMARTS) is 1. The molecule has 1 aromatic heterocycles. The van der Waals surface area contributed by atoms with Gasteiger partial charge in [0.1, 0.15) is 11.8 Å². The first-order chi connectivity index (χ1) is 14.2. The Morgan fingerprint density at radius 1 is 1.27 bits per heavy atom. The number of ether oxygens (including phenoxy) is 2. The lowest BCUT2D eigenvalue weighted by Crippen LogP contribution is -2.27. The van der Waals surface area contributed by atoms with Crippen LogP contribution in [-0.2, 0) is 9.53 Å². The van der Waals surface area contributed by atoms with Gasteiger partial charge in [0.05, 0.1) is 6.10 Å². The van der Waals surface area contributed by atoms with Crippen molar-refractivity contribution in [3.8, 4) is 5.75 Å². The molecule has 1 aliphatic heterocycles. The minimum atomic E-state index is -3.15. The lowest BCUT2D eigenvalue weighted by Gasteiger charge is -2.11. The van der Waals surface area contributed by atoms with Crippen LogP contribution >= 0.6 is 0 Å². The number of aromatic nitrogens is 1. The van der Waals surface area contributed by atoms with Crippen LogP contribution in [0.2, 0.25) is 0 Å². The Bertz CT molecular complexity index is 897. The molecule has 30 heavy (non-hydrogen) atoms. The van der Waals surface area contributed by atoms with Gasteiger partial charge in [-0.3, -0.25) is 4.79 Å². The molecule has 2 N–H and O–H groups in total. The number of carbonyl (C=O) groups is 2. The van der Waals surface area contributed by atoms with Gasteiger partial charge in [0.25, 0.3) is 5.91 Å². The Morgan fingerprint density at radius 2 is 2.00 bits per heavy atom. The molecule has 0 bridgehead atoms. The van der Waals surface area contributed by atoms with E-state index in [1.165, 1.54) is 12.3 Å². The summed E-state index contributed by atoms with van der Waals surface area (Å²) in [6.07, 6.45) is 2.52. The van der Waals surface area contributed by atoms with Crippen molar-refractivity contribution in [3.63, 3.8) is 0 Å². The zero-order chi connectivity index (χ0) is 22.3. The quantitative estimate of drug-likeness (QED) is 0.700. The van der Waals surface area contributed by atoms with Crippen LogP contribution in [0.15, 0.2) is 36.5 Å². The molecule has 3 rings (SSSR count). The Labute approximate surface area is 168 Å². The van der Waals surface area contributed by atoms with Crippen LogP contribution in [0.1, 0.15) is 30.3 Å². The smallest absolute Gasteiger partial charge is 0.387 e. The monoisotopic (exact) mass is 430 g/mol. The summed E-state index contributed by atoms with van der Waals surface area (Å²) in [5.74, 6) is -4.78. The van der Waals surface area contributed by atoms with Crippen molar-refractivity contribution >= 4 is 17.6 Å². The van der Waals surface area contributed by atoms with Crippen molar-refractivity contribution in [1.29, 1.82) is 0 Å². The van der Waals surface area contributed by atoms with Gasteiger partial charge in [0, 0.05) is 11.9 Å². The molecule has 2 aromatic rings. The number of aromatic carboxylic acids is 1. The zero-order valence-electron chi connectivity index (χ0n) is 15.6. The summed E-state index contributed by atoms with van der Waals surface area (Å²) < 4.78 is 57.0. The molecule has 2 atom stereocenters. The Morgan fingerprint density at radius 3 is 2.60 bits per heavy atom. The van der Waals surface area contributed by atoms with Crippen molar-refractivity contribution in [2.24, 2.45) is 0 Å². The fourth-order valence-electron chi connectivity index (χ4n) is 2.51. The molecule has 0 radical (unpaired) electrons. The van der Waals surface area contributed by atoms with Crippen LogP contribution < -0.4 is 10.1 Å². The molecule has 7 nitrogen and oxygen atoms in total. The molecule has 2 heterocycles. The highest BCUT2D eigenvalue weighted by Gasteiger charge is 2.28. The Hall–Kier alpha value is -3.21. The molecule has 162 valence electrons. The van der Waals surface area contributed by atoms with E-state index in [2.05, 4.69) is 15.0 Å². The normalized spacial score (nSPS) is 17.8. The average molecular weight is 430 g/mol. The van der Waals surface area contributed by atoms with Crippen molar-refractivity contribution < 1.29 is 41.7 Å². The first-order valence-corrected chi connectivity index (χ1v) is 8.72. The van der Waals surface area contributed by atoms with Crippen molar-refractivity contribution in [2.45, 2.75) is 38.6 Å². The molecule has 11 heteroatoms. The van der Waals surface area contributed by atoms with Crippen LogP contribution in [0.5, 0.6) is 5.75 Å². The number of halogens is 4. The minimum absolute atomic E-state index is 0.0905. The number of nitrogens with zero attached hydrogens (tertiary/aromatic N) is 1.